The highest BCUT2D eigenvalue weighted by Crippen LogP contribution is 2.31. The summed E-state index contributed by atoms with van der Waals surface area (Å²) < 4.78 is 7.35. The van der Waals surface area contributed by atoms with Crippen molar-refractivity contribution in [3.8, 4) is 23.0 Å². The van der Waals surface area contributed by atoms with E-state index in [1.165, 1.54) is 0 Å². The van der Waals surface area contributed by atoms with Gasteiger partial charge in [0.2, 0.25) is 0 Å². The molecule has 1 aliphatic heterocycles. The van der Waals surface area contributed by atoms with E-state index in [1.807, 2.05) is 35.0 Å². The van der Waals surface area contributed by atoms with Crippen LogP contribution in [0.5, 0.6) is 5.75 Å². The van der Waals surface area contributed by atoms with Crippen molar-refractivity contribution in [1.82, 2.24) is 19.7 Å². The maximum Gasteiger partial charge on any atom is 0.262 e. The van der Waals surface area contributed by atoms with Crippen molar-refractivity contribution in [3.05, 3.63) is 42.4 Å². The number of aromatic nitrogens is 4. The summed E-state index contributed by atoms with van der Waals surface area (Å²) in [6, 6.07) is 7.69. The van der Waals surface area contributed by atoms with E-state index in [0.717, 1.165) is 29.3 Å². The number of ether oxygens (including phenoxy) is 1. The molecular formula is C18H19N5O2. The van der Waals surface area contributed by atoms with Gasteiger partial charge in [0.1, 0.15) is 11.4 Å². The van der Waals surface area contributed by atoms with E-state index in [2.05, 4.69) is 34.3 Å². The van der Waals surface area contributed by atoms with Crippen molar-refractivity contribution in [2.24, 2.45) is 5.92 Å². The second-order valence-corrected chi connectivity index (χ2v) is 6.51. The van der Waals surface area contributed by atoms with Crippen molar-refractivity contribution >= 4 is 11.6 Å². The van der Waals surface area contributed by atoms with Crippen molar-refractivity contribution in [3.63, 3.8) is 0 Å². The molecule has 2 aromatic heterocycles. The molecule has 0 saturated heterocycles. The van der Waals surface area contributed by atoms with Crippen LogP contribution in [0.2, 0.25) is 0 Å². The molecule has 3 aromatic rings. The van der Waals surface area contributed by atoms with Gasteiger partial charge in [-0.3, -0.25) is 14.5 Å². The monoisotopic (exact) mass is 337 g/mol. The van der Waals surface area contributed by atoms with Crippen LogP contribution in [0.25, 0.3) is 17.2 Å². The minimum Gasteiger partial charge on any atom is -0.482 e. The van der Waals surface area contributed by atoms with Gasteiger partial charge in [-0.2, -0.15) is 5.10 Å². The number of nitrogens with one attached hydrogen (secondary N) is 2. The fraction of sp³-hybridized carbons (Fsp3) is 0.278. The molecule has 1 aliphatic rings. The Bertz CT molecular complexity index is 925. The lowest BCUT2D eigenvalue weighted by Gasteiger charge is -2.19. The number of carbonyl (C=O) groups excluding carboxylic acids is 1. The van der Waals surface area contributed by atoms with Crippen LogP contribution in [0.1, 0.15) is 19.5 Å². The molecule has 7 heteroatoms. The zero-order valence-electron chi connectivity index (χ0n) is 14.1. The summed E-state index contributed by atoms with van der Waals surface area (Å²) in [4.78, 5) is 16.0. The third-order valence-corrected chi connectivity index (χ3v) is 4.00. The van der Waals surface area contributed by atoms with Crippen molar-refractivity contribution in [2.75, 3.05) is 11.9 Å². The SMILES string of the molecule is CC(C)Cc1cc(-c2nccn2-c2ccc3c(c2)NC(=O)CO3)n[nH]1. The molecule has 0 aliphatic carbocycles. The van der Waals surface area contributed by atoms with Gasteiger partial charge >= 0.3 is 0 Å². The van der Waals surface area contributed by atoms with Crippen LogP contribution in [0.4, 0.5) is 5.69 Å². The minimum absolute atomic E-state index is 0.0502. The molecule has 1 amide bonds. The molecule has 0 spiro atoms. The fourth-order valence-electron chi connectivity index (χ4n) is 2.94. The maximum atomic E-state index is 11.5. The summed E-state index contributed by atoms with van der Waals surface area (Å²) in [7, 11) is 0. The van der Waals surface area contributed by atoms with E-state index in [0.29, 0.717) is 17.4 Å². The average molecular weight is 337 g/mol. The summed E-state index contributed by atoms with van der Waals surface area (Å²) >= 11 is 0. The highest BCUT2D eigenvalue weighted by Gasteiger charge is 2.18. The highest BCUT2D eigenvalue weighted by molar-refractivity contribution is 5.95. The van der Waals surface area contributed by atoms with E-state index in [4.69, 9.17) is 4.74 Å². The molecule has 0 unspecified atom stereocenters. The second kappa shape index (κ2) is 6.08. The zero-order valence-corrected chi connectivity index (χ0v) is 14.1. The van der Waals surface area contributed by atoms with E-state index >= 15 is 0 Å². The summed E-state index contributed by atoms with van der Waals surface area (Å²) in [6.45, 7) is 4.39. The van der Waals surface area contributed by atoms with Crippen LogP contribution in [0.3, 0.4) is 0 Å². The molecule has 1 aromatic carbocycles. The number of hydrogen-bond donors (Lipinski definition) is 2. The number of carbonyl (C=O) groups is 1. The van der Waals surface area contributed by atoms with Crippen LogP contribution in [0.15, 0.2) is 36.7 Å². The van der Waals surface area contributed by atoms with Gasteiger partial charge in [-0.1, -0.05) is 13.8 Å². The number of amides is 1. The Labute approximate surface area is 145 Å². The molecule has 0 atom stereocenters. The quantitative estimate of drug-likeness (QED) is 0.767. The number of H-pyrrole nitrogens is 1. The molecule has 128 valence electrons. The van der Waals surface area contributed by atoms with Crippen molar-refractivity contribution < 1.29 is 9.53 Å². The topological polar surface area (TPSA) is 84.8 Å². The van der Waals surface area contributed by atoms with Gasteiger partial charge in [0, 0.05) is 23.8 Å². The fourth-order valence-corrected chi connectivity index (χ4v) is 2.94. The summed E-state index contributed by atoms with van der Waals surface area (Å²) in [6.07, 6.45) is 4.55. The first-order valence-electron chi connectivity index (χ1n) is 8.25. The summed E-state index contributed by atoms with van der Waals surface area (Å²) in [5.41, 5.74) is 3.42. The number of anilines is 1. The standard InChI is InChI=1S/C18H19N5O2/c1-11(2)7-12-8-15(22-21-12)18-19-5-6-23(18)13-3-4-16-14(9-13)20-17(24)10-25-16/h3-6,8-9,11H,7,10H2,1-2H3,(H,20,24)(H,21,22). The maximum absolute atomic E-state index is 11.5. The van der Waals surface area contributed by atoms with Crippen molar-refractivity contribution in [2.45, 2.75) is 20.3 Å². The predicted molar refractivity (Wildman–Crippen MR) is 93.8 cm³/mol. The molecule has 25 heavy (non-hydrogen) atoms. The predicted octanol–water partition coefficient (Wildman–Crippen LogP) is 2.79. The Hall–Kier alpha value is -3.09. The van der Waals surface area contributed by atoms with Crippen LogP contribution >= 0.6 is 0 Å². The zero-order chi connectivity index (χ0) is 17.4. The normalized spacial score (nSPS) is 13.5. The highest BCUT2D eigenvalue weighted by atomic mass is 16.5. The smallest absolute Gasteiger partial charge is 0.262 e. The molecule has 4 rings (SSSR count). The third kappa shape index (κ3) is 3.00. The molecule has 0 fully saturated rings. The molecule has 3 heterocycles. The van der Waals surface area contributed by atoms with E-state index in [9.17, 15) is 4.79 Å². The Morgan fingerprint density at radius 3 is 3.04 bits per heavy atom. The lowest BCUT2D eigenvalue weighted by molar-refractivity contribution is -0.118. The molecule has 0 bridgehead atoms. The number of benzene rings is 1. The van der Waals surface area contributed by atoms with Crippen molar-refractivity contribution in [1.29, 1.82) is 0 Å². The summed E-state index contributed by atoms with van der Waals surface area (Å²) in [5, 5.41) is 10.3. The number of aromatic amines is 1. The Morgan fingerprint density at radius 1 is 1.32 bits per heavy atom. The number of hydrogen-bond acceptors (Lipinski definition) is 4. The van der Waals surface area contributed by atoms with E-state index < -0.39 is 0 Å². The molecule has 0 saturated carbocycles. The Morgan fingerprint density at radius 2 is 2.20 bits per heavy atom. The van der Waals surface area contributed by atoms with Crippen LogP contribution < -0.4 is 10.1 Å². The second-order valence-electron chi connectivity index (χ2n) is 6.51. The third-order valence-electron chi connectivity index (χ3n) is 4.00. The van der Waals surface area contributed by atoms with Gasteiger partial charge in [-0.25, -0.2) is 4.98 Å². The van der Waals surface area contributed by atoms with Crippen LogP contribution in [0, 0.1) is 5.92 Å². The van der Waals surface area contributed by atoms with Gasteiger partial charge in [0.15, 0.2) is 12.4 Å². The van der Waals surface area contributed by atoms with E-state index in [-0.39, 0.29) is 12.5 Å². The number of nitrogens with zero attached hydrogens (tertiary/aromatic N) is 3. The Balaban J connectivity index is 1.69. The van der Waals surface area contributed by atoms with E-state index in [1.54, 1.807) is 6.20 Å². The number of fused-ring (bicyclic) bond motifs is 1. The summed E-state index contributed by atoms with van der Waals surface area (Å²) in [5.74, 6) is 1.82. The average Bonchev–Trinajstić information content (AvgIpc) is 3.22. The van der Waals surface area contributed by atoms with Gasteiger partial charge < -0.3 is 10.1 Å². The Kier molecular flexibility index (Phi) is 3.76. The number of rotatable bonds is 4. The molecule has 2 N–H and O–H groups in total. The first kappa shape index (κ1) is 15.4. The van der Waals surface area contributed by atoms with Gasteiger partial charge in [0.05, 0.1) is 5.69 Å². The van der Waals surface area contributed by atoms with Gasteiger partial charge in [0.25, 0.3) is 5.91 Å². The number of imidazole rings is 1. The minimum atomic E-state index is -0.152. The molecule has 0 radical (unpaired) electrons. The largest absolute Gasteiger partial charge is 0.482 e. The van der Waals surface area contributed by atoms with Crippen LogP contribution in [-0.2, 0) is 11.2 Å². The van der Waals surface area contributed by atoms with Gasteiger partial charge in [-0.05, 0) is 36.6 Å². The molecular weight excluding hydrogens is 318 g/mol. The van der Waals surface area contributed by atoms with Crippen LogP contribution in [-0.4, -0.2) is 32.3 Å². The lowest BCUT2D eigenvalue weighted by atomic mass is 10.1. The lowest BCUT2D eigenvalue weighted by Crippen LogP contribution is -2.25. The first-order valence-corrected chi connectivity index (χ1v) is 8.25. The van der Waals surface area contributed by atoms with Gasteiger partial charge in [-0.15, -0.1) is 0 Å². The first-order chi connectivity index (χ1) is 12.1. The molecule has 7 nitrogen and oxygen atoms in total.